The number of benzene rings is 2. The predicted molar refractivity (Wildman–Crippen MR) is 99.7 cm³/mol. The lowest BCUT2D eigenvalue weighted by Crippen LogP contribution is -2.63. The van der Waals surface area contributed by atoms with Crippen LogP contribution in [0.2, 0.25) is 0 Å². The second-order valence-corrected chi connectivity index (χ2v) is 6.83. The fourth-order valence-electron chi connectivity index (χ4n) is 1.78. The zero-order chi connectivity index (χ0) is 22.7. The highest BCUT2D eigenvalue weighted by molar-refractivity contribution is 14.0. The molecule has 1 N–H and O–H groups in total. The van der Waals surface area contributed by atoms with Gasteiger partial charge in [0.2, 0.25) is 0 Å². The van der Waals surface area contributed by atoms with Crippen LogP contribution in [0.4, 0.5) is 39.5 Å². The van der Waals surface area contributed by atoms with Gasteiger partial charge in [-0.15, -0.1) is 24.0 Å². The van der Waals surface area contributed by atoms with Crippen LogP contribution in [-0.4, -0.2) is 36.2 Å². The van der Waals surface area contributed by atoms with Crippen molar-refractivity contribution < 1.29 is 52.5 Å². The molecule has 0 aliphatic heterocycles. The van der Waals surface area contributed by atoms with Crippen LogP contribution >= 0.6 is 24.0 Å². The van der Waals surface area contributed by atoms with Crippen molar-refractivity contribution in [2.24, 2.45) is 0 Å². The molecule has 0 saturated carbocycles. The third-order valence-corrected chi connectivity index (χ3v) is 4.23. The van der Waals surface area contributed by atoms with Gasteiger partial charge in [0.15, 0.2) is 0 Å². The van der Waals surface area contributed by atoms with Crippen LogP contribution in [0.1, 0.15) is 0 Å². The molecule has 2 aromatic rings. The SMILES string of the molecule is I.O=S(=O)(O)C(F)(F)C(F)(F)C(F)(F)C(F)(F)F.c1ccc(-c2ccccc2)cc1. The van der Waals surface area contributed by atoms with E-state index >= 15 is 0 Å². The molecule has 0 amide bonds. The van der Waals surface area contributed by atoms with Crippen LogP contribution < -0.4 is 0 Å². The Labute approximate surface area is 181 Å². The highest BCUT2D eigenvalue weighted by atomic mass is 127. The van der Waals surface area contributed by atoms with Gasteiger partial charge in [0, 0.05) is 0 Å². The Bertz CT molecular complexity index is 865. The summed E-state index contributed by atoms with van der Waals surface area (Å²) >= 11 is 0. The summed E-state index contributed by atoms with van der Waals surface area (Å²) in [5, 5.41) is -7.00. The van der Waals surface area contributed by atoms with E-state index in [0.717, 1.165) is 0 Å². The van der Waals surface area contributed by atoms with Crippen LogP contribution in [0.15, 0.2) is 60.7 Å². The second-order valence-electron chi connectivity index (χ2n) is 5.37. The maximum Gasteiger partial charge on any atom is 0.460 e. The Morgan fingerprint density at radius 2 is 0.900 bits per heavy atom. The van der Waals surface area contributed by atoms with Gasteiger partial charge >= 0.3 is 33.4 Å². The monoisotopic (exact) mass is 582 g/mol. The van der Waals surface area contributed by atoms with Crippen molar-refractivity contribution in [2.75, 3.05) is 0 Å². The van der Waals surface area contributed by atoms with Crippen LogP contribution in [0.25, 0.3) is 11.1 Å². The van der Waals surface area contributed by atoms with Crippen molar-refractivity contribution in [3.8, 4) is 11.1 Å². The van der Waals surface area contributed by atoms with Crippen LogP contribution in [0.3, 0.4) is 0 Å². The van der Waals surface area contributed by atoms with Gasteiger partial charge in [-0.3, -0.25) is 4.55 Å². The molecule has 0 fully saturated rings. The zero-order valence-corrected chi connectivity index (χ0v) is 17.4. The number of hydrogen-bond donors (Lipinski definition) is 1. The maximum absolute atomic E-state index is 12.2. The lowest BCUT2D eigenvalue weighted by molar-refractivity contribution is -0.382. The van der Waals surface area contributed by atoms with Gasteiger partial charge in [0.05, 0.1) is 0 Å². The highest BCUT2D eigenvalue weighted by Gasteiger charge is 2.85. The molecule has 0 heterocycles. The summed E-state index contributed by atoms with van der Waals surface area (Å²) in [6, 6.07) is 20.8. The summed E-state index contributed by atoms with van der Waals surface area (Å²) in [5.74, 6) is -14.7. The summed E-state index contributed by atoms with van der Waals surface area (Å²) in [5.41, 5.74) is 2.55. The summed E-state index contributed by atoms with van der Waals surface area (Å²) in [7, 11) is -7.17. The molecule has 3 nitrogen and oxygen atoms in total. The minimum Gasteiger partial charge on any atom is -0.281 e. The number of hydrogen-bond acceptors (Lipinski definition) is 2. The van der Waals surface area contributed by atoms with Crippen LogP contribution in [0.5, 0.6) is 0 Å². The minimum atomic E-state index is -7.37. The van der Waals surface area contributed by atoms with E-state index in [0.29, 0.717) is 0 Å². The maximum atomic E-state index is 12.2. The predicted octanol–water partition coefficient (Wildman–Crippen LogP) is 6.27. The van der Waals surface area contributed by atoms with E-state index in [1.807, 2.05) is 12.1 Å². The van der Waals surface area contributed by atoms with E-state index in [9.17, 15) is 47.9 Å². The normalized spacial score (nSPS) is 13.0. The molecule has 14 heteroatoms. The summed E-state index contributed by atoms with van der Waals surface area (Å²) in [4.78, 5) is 0. The topological polar surface area (TPSA) is 54.4 Å². The smallest absolute Gasteiger partial charge is 0.281 e. The highest BCUT2D eigenvalue weighted by Crippen LogP contribution is 2.54. The van der Waals surface area contributed by atoms with E-state index in [1.165, 1.54) is 11.1 Å². The molecule has 0 atom stereocenters. The molecule has 0 bridgehead atoms. The van der Waals surface area contributed by atoms with Gasteiger partial charge in [-0.1, -0.05) is 60.7 Å². The third kappa shape index (κ3) is 5.78. The zero-order valence-electron chi connectivity index (χ0n) is 14.3. The van der Waals surface area contributed by atoms with Crippen molar-refractivity contribution in [3.05, 3.63) is 60.7 Å². The van der Waals surface area contributed by atoms with Gasteiger partial charge in [-0.2, -0.15) is 47.9 Å². The number of alkyl halides is 9. The molecule has 170 valence electrons. The van der Waals surface area contributed by atoms with Gasteiger partial charge < -0.3 is 0 Å². The molecule has 2 rings (SSSR count). The molecule has 0 aliphatic rings. The van der Waals surface area contributed by atoms with E-state index in [1.54, 1.807) is 0 Å². The Morgan fingerprint density at radius 1 is 0.600 bits per heavy atom. The Hall–Kier alpha value is -1.55. The molecule has 30 heavy (non-hydrogen) atoms. The second kappa shape index (κ2) is 9.72. The average Bonchev–Trinajstić information content (AvgIpc) is 2.61. The average molecular weight is 582 g/mol. The Balaban J connectivity index is 0.000000566. The summed E-state index contributed by atoms with van der Waals surface area (Å²) in [6.45, 7) is 0. The fourth-order valence-corrected chi connectivity index (χ4v) is 2.24. The van der Waals surface area contributed by atoms with Crippen LogP contribution in [-0.2, 0) is 10.1 Å². The lowest BCUT2D eigenvalue weighted by atomic mass is 10.1. The minimum absolute atomic E-state index is 0. The van der Waals surface area contributed by atoms with Gasteiger partial charge in [0.1, 0.15) is 0 Å². The third-order valence-electron chi connectivity index (χ3n) is 3.32. The van der Waals surface area contributed by atoms with Crippen molar-refractivity contribution in [1.29, 1.82) is 0 Å². The van der Waals surface area contributed by atoms with E-state index < -0.39 is 33.4 Å². The number of halogens is 10. The van der Waals surface area contributed by atoms with Crippen molar-refractivity contribution in [2.45, 2.75) is 23.3 Å². The van der Waals surface area contributed by atoms with E-state index in [-0.39, 0.29) is 24.0 Å². The van der Waals surface area contributed by atoms with E-state index in [4.69, 9.17) is 4.55 Å². The molecule has 2 aromatic carbocycles. The van der Waals surface area contributed by atoms with Crippen LogP contribution in [0, 0.1) is 0 Å². The van der Waals surface area contributed by atoms with Gasteiger partial charge in [0.25, 0.3) is 0 Å². The molecular weight excluding hydrogens is 570 g/mol. The van der Waals surface area contributed by atoms with Crippen molar-refractivity contribution >= 4 is 34.1 Å². The van der Waals surface area contributed by atoms with Crippen molar-refractivity contribution in [3.63, 3.8) is 0 Å². The molecule has 0 spiro atoms. The summed E-state index contributed by atoms with van der Waals surface area (Å²) in [6.07, 6.45) is -7.13. The van der Waals surface area contributed by atoms with E-state index in [2.05, 4.69) is 48.5 Å². The first-order valence-electron chi connectivity index (χ1n) is 7.24. The molecule has 0 unspecified atom stereocenters. The van der Waals surface area contributed by atoms with Gasteiger partial charge in [-0.25, -0.2) is 0 Å². The molecule has 0 radical (unpaired) electrons. The van der Waals surface area contributed by atoms with Gasteiger partial charge in [-0.05, 0) is 11.1 Å². The molecule has 0 aliphatic carbocycles. The first-order chi connectivity index (χ1) is 13.0. The Kier molecular flexibility index (Phi) is 9.22. The molecule has 0 aromatic heterocycles. The van der Waals surface area contributed by atoms with Crippen molar-refractivity contribution in [1.82, 2.24) is 0 Å². The Morgan fingerprint density at radius 3 is 1.13 bits per heavy atom. The largest absolute Gasteiger partial charge is 0.460 e. The molecular formula is C16H12F9IO3S. The fraction of sp³-hybridized carbons (Fsp3) is 0.250. The lowest BCUT2D eigenvalue weighted by Gasteiger charge is -2.31. The first-order valence-corrected chi connectivity index (χ1v) is 8.68. The summed E-state index contributed by atoms with van der Waals surface area (Å²) < 4.78 is 134. The first kappa shape index (κ1) is 28.5. The standard InChI is InChI=1S/C12H10.C4HF9O3S.HI/c1-3-7-11(8-4-1)12-9-5-2-6-10-12;5-1(6,3(9,10)11)2(7,8)4(12,13)17(14,15)16;/h1-10H;(H,14,15,16);1H. The quantitative estimate of drug-likeness (QED) is 0.263. The molecule has 0 saturated heterocycles. The number of rotatable bonds is 4.